The Balaban J connectivity index is 1.65. The zero-order valence-electron chi connectivity index (χ0n) is 7.65. The van der Waals surface area contributed by atoms with Gasteiger partial charge in [0.1, 0.15) is 0 Å². The normalized spacial score (nSPS) is 42.8. The molecule has 0 spiro atoms. The monoisotopic (exact) mass is 181 g/mol. The zero-order valence-corrected chi connectivity index (χ0v) is 7.65. The highest BCUT2D eigenvalue weighted by Crippen LogP contribution is 2.42. The number of rotatable bonds is 1. The summed E-state index contributed by atoms with van der Waals surface area (Å²) in [5, 5.41) is 9.54. The predicted molar refractivity (Wildman–Crippen MR) is 46.9 cm³/mol. The molecule has 4 fully saturated rings. The van der Waals surface area contributed by atoms with Crippen LogP contribution in [0.5, 0.6) is 0 Å². The van der Waals surface area contributed by atoms with Gasteiger partial charge in [-0.3, -0.25) is 4.79 Å². The third kappa shape index (κ3) is 1.10. The summed E-state index contributed by atoms with van der Waals surface area (Å²) in [5.74, 6) is 1.47. The van der Waals surface area contributed by atoms with Gasteiger partial charge in [0.05, 0.1) is 6.10 Å². The number of aliphatic hydroxyl groups is 1. The van der Waals surface area contributed by atoms with Crippen LogP contribution in [-0.4, -0.2) is 35.1 Å². The fourth-order valence-electron chi connectivity index (χ4n) is 2.63. The molecule has 2 aliphatic carbocycles. The number of piperidine rings is 2. The van der Waals surface area contributed by atoms with Crippen LogP contribution in [0.15, 0.2) is 0 Å². The van der Waals surface area contributed by atoms with E-state index in [2.05, 4.69) is 0 Å². The minimum absolute atomic E-state index is 0.108. The highest BCUT2D eigenvalue weighted by molar-refractivity contribution is 5.81. The Hall–Kier alpha value is -0.570. The quantitative estimate of drug-likeness (QED) is 0.629. The fourth-order valence-corrected chi connectivity index (χ4v) is 2.63. The lowest BCUT2D eigenvalue weighted by atomic mass is 9.68. The van der Waals surface area contributed by atoms with Crippen LogP contribution < -0.4 is 0 Å². The van der Waals surface area contributed by atoms with E-state index in [1.54, 1.807) is 0 Å². The Labute approximate surface area is 77.7 Å². The molecule has 13 heavy (non-hydrogen) atoms. The molecule has 4 aliphatic rings. The smallest absolute Gasteiger partial charge is 0.225 e. The SMILES string of the molecule is O=C(C1CC1)N1C[C@H]2C[C@@H](C1)C2O. The average molecular weight is 181 g/mol. The maximum absolute atomic E-state index is 11.7. The maximum atomic E-state index is 11.7. The first kappa shape index (κ1) is 7.80. The molecule has 1 N–H and O–H groups in total. The van der Waals surface area contributed by atoms with Crippen LogP contribution in [0.3, 0.4) is 0 Å². The van der Waals surface area contributed by atoms with Crippen molar-refractivity contribution < 1.29 is 9.90 Å². The number of fused-ring (bicyclic) bond motifs is 2. The molecule has 4 rings (SSSR count). The van der Waals surface area contributed by atoms with Gasteiger partial charge in [-0.25, -0.2) is 0 Å². The molecular formula is C10H15NO2. The van der Waals surface area contributed by atoms with Crippen molar-refractivity contribution in [3.05, 3.63) is 0 Å². The second kappa shape index (κ2) is 2.47. The van der Waals surface area contributed by atoms with Crippen molar-refractivity contribution in [2.24, 2.45) is 17.8 Å². The van der Waals surface area contributed by atoms with Gasteiger partial charge in [-0.1, -0.05) is 0 Å². The second-order valence-corrected chi connectivity index (χ2v) is 4.76. The summed E-state index contributed by atoms with van der Waals surface area (Å²) < 4.78 is 0. The van der Waals surface area contributed by atoms with Crippen LogP contribution in [0, 0.1) is 17.8 Å². The van der Waals surface area contributed by atoms with E-state index in [0.29, 0.717) is 23.7 Å². The second-order valence-electron chi connectivity index (χ2n) is 4.76. The fraction of sp³-hybridized carbons (Fsp3) is 0.900. The van der Waals surface area contributed by atoms with Crippen LogP contribution in [-0.2, 0) is 4.79 Å². The Morgan fingerprint density at radius 2 is 1.85 bits per heavy atom. The van der Waals surface area contributed by atoms with Crippen molar-refractivity contribution >= 4 is 5.91 Å². The standard InChI is InChI=1S/C10H15NO2/c12-9-7-3-8(9)5-11(4-7)10(13)6-1-2-6/h6-9,12H,1-5H2/t7-,8+,9?. The topological polar surface area (TPSA) is 40.5 Å². The van der Waals surface area contributed by atoms with Crippen molar-refractivity contribution in [1.29, 1.82) is 0 Å². The van der Waals surface area contributed by atoms with E-state index >= 15 is 0 Å². The van der Waals surface area contributed by atoms with Crippen LogP contribution >= 0.6 is 0 Å². The molecule has 3 heteroatoms. The molecule has 0 aromatic heterocycles. The Kier molecular flexibility index (Phi) is 1.48. The lowest BCUT2D eigenvalue weighted by molar-refractivity contribution is -0.151. The number of hydrogen-bond donors (Lipinski definition) is 1. The highest BCUT2D eigenvalue weighted by Gasteiger charge is 2.48. The molecule has 1 unspecified atom stereocenters. The molecule has 0 radical (unpaired) electrons. The molecule has 3 atom stereocenters. The number of aliphatic hydroxyl groups excluding tert-OH is 1. The minimum Gasteiger partial charge on any atom is -0.392 e. The Morgan fingerprint density at radius 3 is 2.31 bits per heavy atom. The molecule has 2 saturated heterocycles. The van der Waals surface area contributed by atoms with Crippen LogP contribution in [0.1, 0.15) is 19.3 Å². The summed E-state index contributed by atoms with van der Waals surface area (Å²) in [6.07, 6.45) is 3.21. The molecule has 2 heterocycles. The van der Waals surface area contributed by atoms with E-state index in [0.717, 1.165) is 32.4 Å². The van der Waals surface area contributed by atoms with Crippen molar-refractivity contribution in [3.8, 4) is 0 Å². The molecule has 2 bridgehead atoms. The summed E-state index contributed by atoms with van der Waals surface area (Å²) in [6.45, 7) is 1.62. The van der Waals surface area contributed by atoms with E-state index in [4.69, 9.17) is 0 Å². The number of carbonyl (C=O) groups is 1. The summed E-state index contributed by atoms with van der Waals surface area (Å²) in [4.78, 5) is 13.7. The molecule has 0 aromatic carbocycles. The van der Waals surface area contributed by atoms with Gasteiger partial charge in [0.15, 0.2) is 0 Å². The first-order valence-electron chi connectivity index (χ1n) is 5.22. The van der Waals surface area contributed by atoms with Gasteiger partial charge in [0, 0.05) is 30.8 Å². The summed E-state index contributed by atoms with van der Waals surface area (Å²) in [7, 11) is 0. The minimum atomic E-state index is -0.108. The van der Waals surface area contributed by atoms with Crippen LogP contribution in [0.2, 0.25) is 0 Å². The van der Waals surface area contributed by atoms with Crippen molar-refractivity contribution in [1.82, 2.24) is 4.90 Å². The van der Waals surface area contributed by atoms with Crippen molar-refractivity contribution in [3.63, 3.8) is 0 Å². The van der Waals surface area contributed by atoms with E-state index < -0.39 is 0 Å². The third-order valence-electron chi connectivity index (χ3n) is 3.72. The number of nitrogens with zero attached hydrogens (tertiary/aromatic N) is 1. The lowest BCUT2D eigenvalue weighted by Crippen LogP contribution is -2.59. The highest BCUT2D eigenvalue weighted by atomic mass is 16.3. The van der Waals surface area contributed by atoms with E-state index in [9.17, 15) is 9.90 Å². The van der Waals surface area contributed by atoms with Gasteiger partial charge < -0.3 is 10.0 Å². The summed E-state index contributed by atoms with van der Waals surface area (Å²) in [6, 6.07) is 0. The van der Waals surface area contributed by atoms with Crippen LogP contribution in [0.4, 0.5) is 0 Å². The van der Waals surface area contributed by atoms with Crippen molar-refractivity contribution in [2.45, 2.75) is 25.4 Å². The molecule has 2 aliphatic heterocycles. The first-order chi connectivity index (χ1) is 6.25. The van der Waals surface area contributed by atoms with Gasteiger partial charge in [0.2, 0.25) is 5.91 Å². The molecule has 1 amide bonds. The number of carbonyl (C=O) groups excluding carboxylic acids is 1. The number of amides is 1. The molecule has 2 saturated carbocycles. The third-order valence-corrected chi connectivity index (χ3v) is 3.72. The Bertz CT molecular complexity index is 237. The molecule has 3 nitrogen and oxygen atoms in total. The van der Waals surface area contributed by atoms with Gasteiger partial charge in [0.25, 0.3) is 0 Å². The van der Waals surface area contributed by atoms with Crippen LogP contribution in [0.25, 0.3) is 0 Å². The molecule has 0 aromatic rings. The van der Waals surface area contributed by atoms with Gasteiger partial charge in [-0.15, -0.1) is 0 Å². The Morgan fingerprint density at radius 1 is 1.23 bits per heavy atom. The lowest BCUT2D eigenvalue weighted by Gasteiger charge is -2.51. The predicted octanol–water partition coefficient (Wildman–Crippen LogP) is 0.236. The van der Waals surface area contributed by atoms with Gasteiger partial charge in [-0.2, -0.15) is 0 Å². The molecular weight excluding hydrogens is 166 g/mol. The maximum Gasteiger partial charge on any atom is 0.225 e. The van der Waals surface area contributed by atoms with Gasteiger partial charge in [-0.05, 0) is 19.3 Å². The van der Waals surface area contributed by atoms with Gasteiger partial charge >= 0.3 is 0 Å². The van der Waals surface area contributed by atoms with E-state index in [1.807, 2.05) is 4.90 Å². The van der Waals surface area contributed by atoms with Crippen molar-refractivity contribution in [2.75, 3.05) is 13.1 Å². The summed E-state index contributed by atoms with van der Waals surface area (Å²) in [5.41, 5.74) is 0. The largest absolute Gasteiger partial charge is 0.392 e. The first-order valence-corrected chi connectivity index (χ1v) is 5.22. The van der Waals surface area contributed by atoms with E-state index in [1.165, 1.54) is 0 Å². The summed E-state index contributed by atoms with van der Waals surface area (Å²) >= 11 is 0. The average Bonchev–Trinajstić information content (AvgIpc) is 2.99. The molecule has 72 valence electrons. The van der Waals surface area contributed by atoms with E-state index in [-0.39, 0.29) is 6.10 Å². The number of hydrogen-bond acceptors (Lipinski definition) is 2. The zero-order chi connectivity index (χ0) is 9.00.